The first-order chi connectivity index (χ1) is 11.1. The number of nitrogens with one attached hydrogen (secondary N) is 1. The molecule has 2 aliphatic rings. The summed E-state index contributed by atoms with van der Waals surface area (Å²) in [5.74, 6) is 2.75. The van der Waals surface area contributed by atoms with Gasteiger partial charge in [-0.2, -0.15) is 0 Å². The number of rotatable bonds is 6. The number of guanidine groups is 1. The normalized spacial score (nSPS) is 24.7. The first kappa shape index (κ1) is 18.5. The van der Waals surface area contributed by atoms with Crippen molar-refractivity contribution in [3.8, 4) is 0 Å². The van der Waals surface area contributed by atoms with Crippen LogP contribution in [0.4, 0.5) is 0 Å². The molecule has 2 saturated heterocycles. The smallest absolute Gasteiger partial charge is 0.193 e. The maximum atomic E-state index is 4.50. The van der Waals surface area contributed by atoms with Crippen molar-refractivity contribution < 1.29 is 0 Å². The van der Waals surface area contributed by atoms with Crippen molar-refractivity contribution in [3.63, 3.8) is 0 Å². The third-order valence-electron chi connectivity index (χ3n) is 5.23. The summed E-state index contributed by atoms with van der Waals surface area (Å²) < 4.78 is 0. The van der Waals surface area contributed by atoms with E-state index in [1.165, 1.54) is 52.1 Å². The average molecular weight is 324 g/mol. The van der Waals surface area contributed by atoms with Crippen molar-refractivity contribution in [3.05, 3.63) is 0 Å². The Bertz CT molecular complexity index is 360. The predicted molar refractivity (Wildman–Crippen MR) is 99.1 cm³/mol. The Morgan fingerprint density at radius 2 is 1.83 bits per heavy atom. The molecule has 2 heterocycles. The molecule has 0 spiro atoms. The monoisotopic (exact) mass is 323 g/mol. The van der Waals surface area contributed by atoms with Crippen LogP contribution in [-0.2, 0) is 0 Å². The van der Waals surface area contributed by atoms with E-state index >= 15 is 0 Å². The fourth-order valence-electron chi connectivity index (χ4n) is 3.87. The highest BCUT2D eigenvalue weighted by molar-refractivity contribution is 5.80. The fraction of sp³-hybridized carbons (Fsp3) is 0.944. The van der Waals surface area contributed by atoms with E-state index in [-0.39, 0.29) is 0 Å². The second kappa shape index (κ2) is 9.48. The Morgan fingerprint density at radius 3 is 2.43 bits per heavy atom. The van der Waals surface area contributed by atoms with Crippen molar-refractivity contribution in [1.82, 2.24) is 20.0 Å². The number of piperazine rings is 1. The van der Waals surface area contributed by atoms with Crippen LogP contribution in [0.15, 0.2) is 4.99 Å². The maximum absolute atomic E-state index is 4.50. The van der Waals surface area contributed by atoms with Crippen LogP contribution in [0.2, 0.25) is 0 Å². The lowest BCUT2D eigenvalue weighted by Gasteiger charge is -2.34. The zero-order chi connectivity index (χ0) is 16.7. The Morgan fingerprint density at radius 1 is 1.13 bits per heavy atom. The number of hydrogen-bond donors (Lipinski definition) is 1. The summed E-state index contributed by atoms with van der Waals surface area (Å²) in [6.07, 6.45) is 2.66. The molecule has 0 aliphatic carbocycles. The average Bonchev–Trinajstić information content (AvgIpc) is 2.99. The van der Waals surface area contributed by atoms with Crippen molar-refractivity contribution in [2.75, 3.05) is 66.0 Å². The van der Waals surface area contributed by atoms with Crippen LogP contribution in [0.5, 0.6) is 0 Å². The van der Waals surface area contributed by atoms with Gasteiger partial charge in [-0.1, -0.05) is 20.8 Å². The highest BCUT2D eigenvalue weighted by Gasteiger charge is 2.25. The van der Waals surface area contributed by atoms with Gasteiger partial charge in [-0.25, -0.2) is 0 Å². The van der Waals surface area contributed by atoms with Crippen LogP contribution >= 0.6 is 0 Å². The van der Waals surface area contributed by atoms with Gasteiger partial charge in [0.15, 0.2) is 5.96 Å². The second-order valence-electron chi connectivity index (χ2n) is 7.48. The zero-order valence-electron chi connectivity index (χ0n) is 15.7. The topological polar surface area (TPSA) is 34.1 Å². The van der Waals surface area contributed by atoms with Crippen LogP contribution in [0.25, 0.3) is 0 Å². The molecule has 2 aliphatic heterocycles. The molecule has 5 heteroatoms. The van der Waals surface area contributed by atoms with Gasteiger partial charge in [-0.3, -0.25) is 9.89 Å². The summed E-state index contributed by atoms with van der Waals surface area (Å²) in [7, 11) is 1.91. The Balaban J connectivity index is 1.66. The van der Waals surface area contributed by atoms with E-state index in [4.69, 9.17) is 0 Å². The van der Waals surface area contributed by atoms with Gasteiger partial charge in [0.2, 0.25) is 0 Å². The Kier molecular flexibility index (Phi) is 7.63. The minimum atomic E-state index is 0.803. The van der Waals surface area contributed by atoms with E-state index in [9.17, 15) is 0 Å². The highest BCUT2D eigenvalue weighted by Crippen LogP contribution is 2.23. The summed E-state index contributed by atoms with van der Waals surface area (Å²) in [5, 5.41) is 3.58. The van der Waals surface area contributed by atoms with E-state index < -0.39 is 0 Å². The van der Waals surface area contributed by atoms with Gasteiger partial charge < -0.3 is 15.1 Å². The minimum Gasteiger partial charge on any atom is -0.355 e. The van der Waals surface area contributed by atoms with E-state index in [1.807, 2.05) is 7.05 Å². The van der Waals surface area contributed by atoms with E-state index in [0.717, 1.165) is 37.4 Å². The van der Waals surface area contributed by atoms with E-state index in [2.05, 4.69) is 45.8 Å². The first-order valence-electron chi connectivity index (χ1n) is 9.52. The molecule has 0 aromatic carbocycles. The summed E-state index contributed by atoms with van der Waals surface area (Å²) in [6.45, 7) is 17.4. The zero-order valence-corrected chi connectivity index (χ0v) is 15.7. The molecule has 1 N–H and O–H groups in total. The minimum absolute atomic E-state index is 0.803. The fourth-order valence-corrected chi connectivity index (χ4v) is 3.87. The number of likely N-dealkylation sites (tertiary alicyclic amines) is 1. The molecule has 2 rings (SSSR count). The largest absolute Gasteiger partial charge is 0.355 e. The molecule has 134 valence electrons. The van der Waals surface area contributed by atoms with Crippen LogP contribution < -0.4 is 5.32 Å². The molecule has 0 saturated carbocycles. The standard InChI is InChI=1S/C18H37N5/c1-5-21-10-12-22(13-11-21)9-7-20-18(19-4)23-8-6-17(15-23)14-16(2)3/h16-17H,5-15H2,1-4H3,(H,19,20). The number of aliphatic imine (C=N–C) groups is 1. The molecular formula is C18H37N5. The van der Waals surface area contributed by atoms with Gasteiger partial charge in [0.05, 0.1) is 0 Å². The second-order valence-corrected chi connectivity index (χ2v) is 7.48. The lowest BCUT2D eigenvalue weighted by molar-refractivity contribution is 0.139. The van der Waals surface area contributed by atoms with Gasteiger partial charge in [-0.05, 0) is 31.2 Å². The van der Waals surface area contributed by atoms with Gasteiger partial charge >= 0.3 is 0 Å². The molecule has 0 bridgehead atoms. The Hall–Kier alpha value is -0.810. The summed E-state index contributed by atoms with van der Waals surface area (Å²) in [6, 6.07) is 0. The van der Waals surface area contributed by atoms with Crippen LogP contribution in [0.3, 0.4) is 0 Å². The molecule has 23 heavy (non-hydrogen) atoms. The summed E-state index contributed by atoms with van der Waals surface area (Å²) in [4.78, 5) is 12.0. The molecule has 0 radical (unpaired) electrons. The Labute approximate surface area is 143 Å². The number of likely N-dealkylation sites (N-methyl/N-ethyl adjacent to an activating group) is 1. The van der Waals surface area contributed by atoms with Crippen molar-refractivity contribution in [2.24, 2.45) is 16.8 Å². The summed E-state index contributed by atoms with van der Waals surface area (Å²) in [5.41, 5.74) is 0. The quantitative estimate of drug-likeness (QED) is 0.594. The van der Waals surface area contributed by atoms with Crippen molar-refractivity contribution in [1.29, 1.82) is 0 Å². The highest BCUT2D eigenvalue weighted by atomic mass is 15.3. The molecule has 5 nitrogen and oxygen atoms in total. The van der Waals surface area contributed by atoms with Crippen LogP contribution in [0.1, 0.15) is 33.6 Å². The molecule has 1 unspecified atom stereocenters. The summed E-state index contributed by atoms with van der Waals surface area (Å²) >= 11 is 0. The molecule has 2 fully saturated rings. The van der Waals surface area contributed by atoms with Gasteiger partial charge in [0.1, 0.15) is 0 Å². The predicted octanol–water partition coefficient (Wildman–Crippen LogP) is 1.57. The lowest BCUT2D eigenvalue weighted by Crippen LogP contribution is -2.49. The van der Waals surface area contributed by atoms with Gasteiger partial charge in [0.25, 0.3) is 0 Å². The van der Waals surface area contributed by atoms with Crippen LogP contribution in [-0.4, -0.2) is 86.6 Å². The third kappa shape index (κ3) is 5.96. The lowest BCUT2D eigenvalue weighted by atomic mass is 9.97. The molecule has 0 aromatic rings. The number of nitrogens with zero attached hydrogens (tertiary/aromatic N) is 4. The van der Waals surface area contributed by atoms with Crippen LogP contribution in [0, 0.1) is 11.8 Å². The molecule has 0 aromatic heterocycles. The van der Waals surface area contributed by atoms with E-state index in [1.54, 1.807) is 0 Å². The number of hydrogen-bond acceptors (Lipinski definition) is 3. The van der Waals surface area contributed by atoms with Crippen molar-refractivity contribution in [2.45, 2.75) is 33.6 Å². The van der Waals surface area contributed by atoms with Gasteiger partial charge in [-0.15, -0.1) is 0 Å². The third-order valence-corrected chi connectivity index (χ3v) is 5.23. The van der Waals surface area contributed by atoms with E-state index in [0.29, 0.717) is 0 Å². The van der Waals surface area contributed by atoms with Gasteiger partial charge in [0, 0.05) is 59.4 Å². The molecule has 1 atom stereocenters. The molecular weight excluding hydrogens is 286 g/mol. The van der Waals surface area contributed by atoms with Crippen molar-refractivity contribution >= 4 is 5.96 Å². The SMILES string of the molecule is CCN1CCN(CCNC(=NC)N2CCC(CC(C)C)C2)CC1. The maximum Gasteiger partial charge on any atom is 0.193 e. The molecule has 0 amide bonds. The first-order valence-corrected chi connectivity index (χ1v) is 9.52.